The topological polar surface area (TPSA) is 82.6 Å². The lowest BCUT2D eigenvalue weighted by Gasteiger charge is -2.37. The van der Waals surface area contributed by atoms with Crippen LogP contribution in [0.25, 0.3) is 0 Å². The number of hydrogen-bond acceptors (Lipinski definition) is 5. The summed E-state index contributed by atoms with van der Waals surface area (Å²) >= 11 is 0. The fourth-order valence-electron chi connectivity index (χ4n) is 2.70. The van der Waals surface area contributed by atoms with Gasteiger partial charge in [0.25, 0.3) is 5.56 Å². The number of aromatic nitrogens is 2. The van der Waals surface area contributed by atoms with Gasteiger partial charge in [0.2, 0.25) is 0 Å². The zero-order valence-corrected chi connectivity index (χ0v) is 18.2. The minimum absolute atomic E-state index is 0.0927. The quantitative estimate of drug-likeness (QED) is 0.566. The number of aryl methyl sites for hydroxylation is 1. The van der Waals surface area contributed by atoms with Crippen LogP contribution in [0.3, 0.4) is 0 Å². The fraction of sp³-hybridized carbons (Fsp3) is 0.684. The summed E-state index contributed by atoms with van der Waals surface area (Å²) in [5.41, 5.74) is -0.404. The fourth-order valence-corrected chi connectivity index (χ4v) is 3.71. The Labute approximate surface area is 161 Å². The molecule has 1 N–H and O–H groups in total. The number of nitrogens with zero attached hydrogens (tertiary/aromatic N) is 1. The van der Waals surface area contributed by atoms with Crippen molar-refractivity contribution in [2.24, 2.45) is 0 Å². The minimum atomic E-state index is -1.93. The lowest BCUT2D eigenvalue weighted by atomic mass is 10.2. The van der Waals surface area contributed by atoms with Gasteiger partial charge in [0.05, 0.1) is 19.3 Å². The summed E-state index contributed by atoms with van der Waals surface area (Å²) in [6.45, 7) is 17.1. The van der Waals surface area contributed by atoms with Crippen LogP contribution in [0, 0.1) is 6.92 Å². The average molecular weight is 397 g/mol. The second-order valence-electron chi connectivity index (χ2n) is 8.58. The van der Waals surface area contributed by atoms with Crippen LogP contribution in [-0.2, 0) is 13.9 Å². The number of rotatable bonds is 7. The van der Waals surface area contributed by atoms with E-state index in [9.17, 15) is 9.59 Å². The molecule has 3 atom stereocenters. The van der Waals surface area contributed by atoms with Gasteiger partial charge < -0.3 is 13.9 Å². The van der Waals surface area contributed by atoms with Crippen molar-refractivity contribution in [2.75, 3.05) is 13.2 Å². The lowest BCUT2D eigenvalue weighted by Crippen LogP contribution is -2.44. The predicted molar refractivity (Wildman–Crippen MR) is 108 cm³/mol. The molecule has 0 bridgehead atoms. The lowest BCUT2D eigenvalue weighted by molar-refractivity contribution is -0.0557. The number of ether oxygens (including phenoxy) is 2. The van der Waals surface area contributed by atoms with Crippen LogP contribution in [0.2, 0.25) is 18.1 Å². The molecule has 1 fully saturated rings. The number of aromatic amines is 1. The monoisotopic (exact) mass is 396 g/mol. The van der Waals surface area contributed by atoms with E-state index in [2.05, 4.69) is 45.4 Å². The highest BCUT2D eigenvalue weighted by atomic mass is 28.4. The molecule has 8 heteroatoms. The second kappa shape index (κ2) is 8.26. The zero-order valence-electron chi connectivity index (χ0n) is 17.2. The van der Waals surface area contributed by atoms with E-state index in [-0.39, 0.29) is 22.8 Å². The molecule has 2 heterocycles. The van der Waals surface area contributed by atoms with E-state index in [0.717, 1.165) is 0 Å². The van der Waals surface area contributed by atoms with Crippen LogP contribution < -0.4 is 11.2 Å². The Morgan fingerprint density at radius 2 is 2.07 bits per heavy atom. The van der Waals surface area contributed by atoms with Crippen LogP contribution in [0.15, 0.2) is 28.4 Å². The summed E-state index contributed by atoms with van der Waals surface area (Å²) < 4.78 is 19.7. The molecular weight excluding hydrogens is 364 g/mol. The van der Waals surface area contributed by atoms with Gasteiger partial charge in [0, 0.05) is 18.2 Å². The van der Waals surface area contributed by atoms with Crippen LogP contribution >= 0.6 is 0 Å². The maximum Gasteiger partial charge on any atom is 0.330 e. The molecule has 0 radical (unpaired) electrons. The van der Waals surface area contributed by atoms with Crippen LogP contribution in [0.1, 0.15) is 39.0 Å². The van der Waals surface area contributed by atoms with Crippen molar-refractivity contribution in [3.8, 4) is 0 Å². The first-order valence-corrected chi connectivity index (χ1v) is 12.2. The van der Waals surface area contributed by atoms with Gasteiger partial charge in [-0.3, -0.25) is 14.3 Å². The van der Waals surface area contributed by atoms with Crippen molar-refractivity contribution < 1.29 is 13.9 Å². The summed E-state index contributed by atoms with van der Waals surface area (Å²) in [5.74, 6) is 0. The molecule has 2 rings (SSSR count). The third kappa shape index (κ3) is 5.07. The molecule has 152 valence electrons. The summed E-state index contributed by atoms with van der Waals surface area (Å²) in [5, 5.41) is 0.0927. The molecule has 0 aromatic carbocycles. The molecule has 1 aromatic heterocycles. The SMILES string of the molecule is C=CCO[C@H]1C[C@H](n2cc(C)c(=O)[nH]c2=O)O[C@@H]1CO[Si](C)(C)C(C)(C)C. The summed E-state index contributed by atoms with van der Waals surface area (Å²) in [6.07, 6.45) is 2.73. The first-order chi connectivity index (χ1) is 12.5. The van der Waals surface area contributed by atoms with E-state index in [1.54, 1.807) is 13.0 Å². The van der Waals surface area contributed by atoms with Gasteiger partial charge in [-0.05, 0) is 25.1 Å². The Balaban J connectivity index is 2.19. The Kier molecular flexibility index (Phi) is 6.67. The summed E-state index contributed by atoms with van der Waals surface area (Å²) in [6, 6.07) is 0. The van der Waals surface area contributed by atoms with E-state index in [4.69, 9.17) is 13.9 Å². The Hall–Kier alpha value is -1.48. The van der Waals surface area contributed by atoms with E-state index >= 15 is 0 Å². The molecule has 1 aliphatic heterocycles. The molecule has 0 aliphatic carbocycles. The van der Waals surface area contributed by atoms with E-state index in [1.807, 2.05) is 0 Å². The smallest absolute Gasteiger partial charge is 0.330 e. The van der Waals surface area contributed by atoms with Gasteiger partial charge in [-0.2, -0.15) is 0 Å². The number of hydrogen-bond donors (Lipinski definition) is 1. The highest BCUT2D eigenvalue weighted by Crippen LogP contribution is 2.38. The standard InChI is InChI=1S/C19H32N2O5Si/c1-8-9-24-14-10-16(21-11-13(2)17(22)20-18(21)23)26-15(14)12-25-27(6,7)19(3,4)5/h8,11,14-16H,1,9-10,12H2,2-7H3,(H,20,22,23)/t14-,15+,16+/m0/s1. The van der Waals surface area contributed by atoms with Crippen molar-refractivity contribution in [1.82, 2.24) is 9.55 Å². The van der Waals surface area contributed by atoms with Crippen molar-refractivity contribution in [3.05, 3.63) is 45.3 Å². The minimum Gasteiger partial charge on any atom is -0.414 e. The second-order valence-corrected chi connectivity index (χ2v) is 13.4. The van der Waals surface area contributed by atoms with Gasteiger partial charge in [0.1, 0.15) is 12.3 Å². The zero-order chi connectivity index (χ0) is 20.4. The normalized spacial score (nSPS) is 23.6. The van der Waals surface area contributed by atoms with Crippen molar-refractivity contribution in [2.45, 2.75) is 70.7 Å². The molecule has 0 saturated carbocycles. The molecule has 0 amide bonds. The molecule has 1 aromatic rings. The summed E-state index contributed by atoms with van der Waals surface area (Å²) in [7, 11) is -1.93. The first kappa shape index (κ1) is 21.8. The molecule has 27 heavy (non-hydrogen) atoms. The predicted octanol–water partition coefficient (Wildman–Crippen LogP) is 2.73. The third-order valence-electron chi connectivity index (χ3n) is 5.48. The van der Waals surface area contributed by atoms with E-state index < -0.39 is 20.2 Å². The highest BCUT2D eigenvalue weighted by Gasteiger charge is 2.42. The molecule has 1 saturated heterocycles. The first-order valence-electron chi connectivity index (χ1n) is 9.30. The third-order valence-corrected chi connectivity index (χ3v) is 9.98. The van der Waals surface area contributed by atoms with Gasteiger partial charge >= 0.3 is 5.69 Å². The maximum atomic E-state index is 12.2. The van der Waals surface area contributed by atoms with E-state index in [0.29, 0.717) is 25.2 Å². The van der Waals surface area contributed by atoms with E-state index in [1.165, 1.54) is 10.8 Å². The molecule has 0 unspecified atom stereocenters. The summed E-state index contributed by atoms with van der Waals surface area (Å²) in [4.78, 5) is 26.1. The molecular formula is C19H32N2O5Si. The maximum absolute atomic E-state index is 12.2. The number of H-pyrrole nitrogens is 1. The van der Waals surface area contributed by atoms with Gasteiger partial charge in [0.15, 0.2) is 8.32 Å². The average Bonchev–Trinajstić information content (AvgIpc) is 2.96. The van der Waals surface area contributed by atoms with Crippen LogP contribution in [0.5, 0.6) is 0 Å². The van der Waals surface area contributed by atoms with Gasteiger partial charge in [-0.25, -0.2) is 4.79 Å². The largest absolute Gasteiger partial charge is 0.414 e. The van der Waals surface area contributed by atoms with Gasteiger partial charge in [-0.1, -0.05) is 26.8 Å². The van der Waals surface area contributed by atoms with Crippen LogP contribution in [-0.4, -0.2) is 43.3 Å². The van der Waals surface area contributed by atoms with Gasteiger partial charge in [-0.15, -0.1) is 6.58 Å². The number of nitrogens with one attached hydrogen (secondary N) is 1. The Morgan fingerprint density at radius 3 is 2.67 bits per heavy atom. The highest BCUT2D eigenvalue weighted by molar-refractivity contribution is 6.74. The molecule has 7 nitrogen and oxygen atoms in total. The van der Waals surface area contributed by atoms with Crippen molar-refractivity contribution in [1.29, 1.82) is 0 Å². The Morgan fingerprint density at radius 1 is 1.41 bits per heavy atom. The van der Waals surface area contributed by atoms with Crippen molar-refractivity contribution in [3.63, 3.8) is 0 Å². The molecule has 1 aliphatic rings. The van der Waals surface area contributed by atoms with Crippen molar-refractivity contribution >= 4 is 8.32 Å². The molecule has 0 spiro atoms. The Bertz CT molecular complexity index is 778. The van der Waals surface area contributed by atoms with Crippen LogP contribution in [0.4, 0.5) is 0 Å².